The average Bonchev–Trinajstić information content (AvgIpc) is 2.18. The van der Waals surface area contributed by atoms with E-state index in [1.165, 1.54) is 39.8 Å². The zero-order chi connectivity index (χ0) is 15.6. The van der Waals surface area contributed by atoms with Gasteiger partial charge in [0.2, 0.25) is 0 Å². The first-order valence-electron chi connectivity index (χ1n) is 5.46. The van der Waals surface area contributed by atoms with Gasteiger partial charge in [-0.15, -0.1) is 0 Å². The Morgan fingerprint density at radius 1 is 0.944 bits per heavy atom. The molecule has 0 aromatic heterocycles. The van der Waals surface area contributed by atoms with E-state index >= 15 is 0 Å². The van der Waals surface area contributed by atoms with Gasteiger partial charge < -0.3 is 15.3 Å². The van der Waals surface area contributed by atoms with Gasteiger partial charge in [-0.05, 0) is 0 Å². The summed E-state index contributed by atoms with van der Waals surface area (Å²) in [6.45, 7) is 6.00. The van der Waals surface area contributed by atoms with Gasteiger partial charge in [0.05, 0.1) is 0 Å². The van der Waals surface area contributed by atoms with Crippen molar-refractivity contribution in [1.82, 2.24) is 0 Å². The van der Waals surface area contributed by atoms with Crippen molar-refractivity contribution in [2.45, 2.75) is 51.4 Å². The summed E-state index contributed by atoms with van der Waals surface area (Å²) < 4.78 is 1.47. The molecule has 108 valence electrons. The van der Waals surface area contributed by atoms with Crippen molar-refractivity contribution in [2.24, 2.45) is 0 Å². The molecule has 0 unspecified atom stereocenters. The molecule has 0 spiro atoms. The number of hydrogen-bond acceptors (Lipinski definition) is 3. The molecule has 0 aromatic carbocycles. The van der Waals surface area contributed by atoms with Crippen LogP contribution in [0.2, 0.25) is 4.44 Å². The summed E-state index contributed by atoms with van der Waals surface area (Å²) in [7, 11) is 0. The van der Waals surface area contributed by atoms with Crippen molar-refractivity contribution in [2.75, 3.05) is 0 Å². The minimum absolute atomic E-state index is 0.222. The molecule has 0 aliphatic rings. The van der Waals surface area contributed by atoms with Crippen LogP contribution in [0.1, 0.15) is 47.0 Å². The molecule has 0 aliphatic heterocycles. The van der Waals surface area contributed by atoms with Crippen molar-refractivity contribution >= 4 is 40.4 Å². The molecule has 0 saturated carbocycles. The normalized spacial score (nSPS) is 7.17. The summed E-state index contributed by atoms with van der Waals surface area (Å²) in [5.74, 6) is -2.41. The predicted molar refractivity (Wildman–Crippen MR) is 71.4 cm³/mol. The summed E-state index contributed by atoms with van der Waals surface area (Å²) in [5.41, 5.74) is 0. The van der Waals surface area contributed by atoms with Gasteiger partial charge in [-0.2, -0.15) is 0 Å². The van der Waals surface area contributed by atoms with E-state index in [0.29, 0.717) is 0 Å². The van der Waals surface area contributed by atoms with Crippen LogP contribution in [0, 0.1) is 0 Å². The van der Waals surface area contributed by atoms with E-state index in [-0.39, 0.29) is 6.42 Å². The van der Waals surface area contributed by atoms with Crippen molar-refractivity contribution in [3.8, 4) is 0 Å². The van der Waals surface area contributed by atoms with Crippen LogP contribution in [0.5, 0.6) is 0 Å². The van der Waals surface area contributed by atoms with Crippen LogP contribution in [0.15, 0.2) is 0 Å². The van der Waals surface area contributed by atoms with E-state index in [1.807, 2.05) is 0 Å². The first kappa shape index (κ1) is 25.9. The number of rotatable bonds is 3. The number of carbonyl (C=O) groups is 3. The fourth-order valence-corrected chi connectivity index (χ4v) is 1.37. The van der Waals surface area contributed by atoms with Crippen LogP contribution in [-0.2, 0) is 14.4 Å². The Balaban J connectivity index is -0.0000000731. The Labute approximate surface area is 121 Å². The third-order valence-corrected chi connectivity index (χ3v) is 2.03. The molecule has 0 fully saturated rings. The van der Waals surface area contributed by atoms with Crippen molar-refractivity contribution in [3.63, 3.8) is 0 Å². The fourth-order valence-electron chi connectivity index (χ4n) is 0.204. The van der Waals surface area contributed by atoms with Crippen LogP contribution in [-0.4, -0.2) is 55.8 Å². The second kappa shape index (κ2) is 25.2. The van der Waals surface area contributed by atoms with Crippen LogP contribution in [0.4, 0.5) is 0 Å². The fraction of sp³-hybridized carbons (Fsp3) is 0.727. The first-order chi connectivity index (χ1) is 8.15. The molecular formula is C11H24O6Sn. The number of carboxylic acids is 3. The zero-order valence-electron chi connectivity index (χ0n) is 11.5. The molecule has 7 heteroatoms. The topological polar surface area (TPSA) is 112 Å². The van der Waals surface area contributed by atoms with E-state index in [2.05, 4.69) is 6.92 Å². The molecule has 18 heavy (non-hydrogen) atoms. The monoisotopic (exact) mass is 372 g/mol. The Hall–Kier alpha value is -0.791. The number of hydrogen-bond donors (Lipinski definition) is 3. The van der Waals surface area contributed by atoms with Gasteiger partial charge in [0.25, 0.3) is 11.9 Å². The molecule has 0 bridgehead atoms. The van der Waals surface area contributed by atoms with E-state index in [0.717, 1.165) is 13.8 Å². The Morgan fingerprint density at radius 2 is 1.17 bits per heavy atom. The Morgan fingerprint density at radius 3 is 1.17 bits per heavy atom. The van der Waals surface area contributed by atoms with Gasteiger partial charge in [0.15, 0.2) is 0 Å². The Kier molecular flexibility index (Phi) is 36.2. The van der Waals surface area contributed by atoms with E-state index in [4.69, 9.17) is 24.9 Å². The first-order valence-corrected chi connectivity index (χ1v) is 7.79. The summed E-state index contributed by atoms with van der Waals surface area (Å²) in [4.78, 5) is 27.4. The van der Waals surface area contributed by atoms with Gasteiger partial charge in [0, 0.05) is 20.3 Å². The quantitative estimate of drug-likeness (QED) is 0.652. The molecule has 0 atom stereocenters. The SMILES string of the molecule is CC(=O)O.CC(=O)O.CCC(=O)O.CCC[CH2][SnH]. The second-order valence-corrected chi connectivity index (χ2v) is 4.58. The number of unbranched alkanes of at least 4 members (excludes halogenated alkanes) is 1. The molecule has 6 nitrogen and oxygen atoms in total. The van der Waals surface area contributed by atoms with E-state index in [9.17, 15) is 4.79 Å². The van der Waals surface area contributed by atoms with Crippen LogP contribution >= 0.6 is 0 Å². The second-order valence-electron chi connectivity index (χ2n) is 2.93. The molecule has 2 radical (unpaired) electrons. The van der Waals surface area contributed by atoms with Crippen molar-refractivity contribution < 1.29 is 29.7 Å². The van der Waals surface area contributed by atoms with E-state index < -0.39 is 17.9 Å². The molecule has 0 aliphatic carbocycles. The maximum atomic E-state index is 9.37. The van der Waals surface area contributed by atoms with Gasteiger partial charge in [-0.3, -0.25) is 14.4 Å². The summed E-state index contributed by atoms with van der Waals surface area (Å²) in [6.07, 6.45) is 3.05. The van der Waals surface area contributed by atoms with Crippen LogP contribution in [0.25, 0.3) is 0 Å². The molecule has 0 amide bonds. The Bertz CT molecular complexity index is 184. The van der Waals surface area contributed by atoms with E-state index in [1.54, 1.807) is 6.92 Å². The zero-order valence-corrected chi connectivity index (χ0v) is 14.8. The van der Waals surface area contributed by atoms with Crippen LogP contribution < -0.4 is 0 Å². The van der Waals surface area contributed by atoms with Gasteiger partial charge in [-0.25, -0.2) is 0 Å². The molecule has 3 N–H and O–H groups in total. The molecular weight excluding hydrogens is 347 g/mol. The molecule has 0 saturated heterocycles. The van der Waals surface area contributed by atoms with Crippen LogP contribution in [0.3, 0.4) is 0 Å². The molecule has 0 rings (SSSR count). The van der Waals surface area contributed by atoms with Crippen molar-refractivity contribution in [1.29, 1.82) is 0 Å². The summed E-state index contributed by atoms with van der Waals surface area (Å²) in [6, 6.07) is 0. The van der Waals surface area contributed by atoms with Gasteiger partial charge in [0.1, 0.15) is 0 Å². The third kappa shape index (κ3) is 298. The van der Waals surface area contributed by atoms with Gasteiger partial charge >= 0.3 is 52.7 Å². The minimum atomic E-state index is -0.833. The summed E-state index contributed by atoms with van der Waals surface area (Å²) in [5, 5.41) is 22.6. The number of aliphatic carboxylic acids is 3. The molecule has 0 heterocycles. The summed E-state index contributed by atoms with van der Waals surface area (Å²) >= 11 is 1.45. The van der Waals surface area contributed by atoms with Crippen molar-refractivity contribution in [3.05, 3.63) is 0 Å². The maximum absolute atomic E-state index is 9.37. The number of carboxylic acid groups (broad SMARTS) is 3. The molecule has 0 aromatic rings. The predicted octanol–water partition coefficient (Wildman–Crippen LogP) is 1.77. The van der Waals surface area contributed by atoms with Gasteiger partial charge in [-0.1, -0.05) is 6.92 Å². The average molecular weight is 371 g/mol. The third-order valence-electron chi connectivity index (χ3n) is 0.860. The standard InChI is InChI=1S/C4H9.C3H6O2.2C2H4O2.Sn.H/c1-3-4-2;1-2-3(4)5;2*1-2(3)4;;/h1,3-4H2,2H3;2H2,1H3,(H,4,5);2*1H3,(H,3,4);;.